The number of nitrogens with zero attached hydrogens (tertiary/aromatic N) is 3. The van der Waals surface area contributed by atoms with Crippen molar-refractivity contribution < 1.29 is 0 Å². The number of hydrogen-bond donors (Lipinski definition) is 2. The summed E-state index contributed by atoms with van der Waals surface area (Å²) in [6.07, 6.45) is 3.82. The average molecular weight is 319 g/mol. The van der Waals surface area contributed by atoms with E-state index in [0.717, 1.165) is 39.3 Å². The van der Waals surface area contributed by atoms with Crippen molar-refractivity contribution in [1.29, 1.82) is 0 Å². The Kier molecular flexibility index (Phi) is 3.20. The minimum absolute atomic E-state index is 0.252. The molecular formula is C19H21N5. The summed E-state index contributed by atoms with van der Waals surface area (Å²) in [6, 6.07) is 8.35. The van der Waals surface area contributed by atoms with Crippen molar-refractivity contribution in [1.82, 2.24) is 24.9 Å². The number of fused-ring (bicyclic) bond motifs is 2. The lowest BCUT2D eigenvalue weighted by Crippen LogP contribution is -2.21. The highest BCUT2D eigenvalue weighted by atomic mass is 15.0. The normalized spacial score (nSPS) is 12.5. The molecule has 0 aliphatic carbocycles. The van der Waals surface area contributed by atoms with Gasteiger partial charge in [0, 0.05) is 40.2 Å². The van der Waals surface area contributed by atoms with E-state index < -0.39 is 0 Å². The van der Waals surface area contributed by atoms with Gasteiger partial charge in [0.25, 0.3) is 0 Å². The van der Waals surface area contributed by atoms with Crippen molar-refractivity contribution >= 4 is 22.1 Å². The molecule has 0 atom stereocenters. The van der Waals surface area contributed by atoms with E-state index in [-0.39, 0.29) is 5.41 Å². The molecule has 0 saturated carbocycles. The quantitative estimate of drug-likeness (QED) is 0.592. The Balaban J connectivity index is 1.81. The first-order valence-electron chi connectivity index (χ1n) is 8.26. The van der Waals surface area contributed by atoms with E-state index in [1.54, 1.807) is 0 Å². The Morgan fingerprint density at radius 1 is 1.00 bits per heavy atom. The van der Waals surface area contributed by atoms with Crippen molar-refractivity contribution in [2.45, 2.75) is 39.0 Å². The van der Waals surface area contributed by atoms with Crippen LogP contribution >= 0.6 is 0 Å². The number of hydrogen-bond acceptors (Lipinski definition) is 3. The van der Waals surface area contributed by atoms with E-state index in [2.05, 4.69) is 65.8 Å². The molecule has 4 heterocycles. The van der Waals surface area contributed by atoms with Crippen LogP contribution in [0.4, 0.5) is 0 Å². The van der Waals surface area contributed by atoms with Gasteiger partial charge in [-0.1, -0.05) is 13.8 Å². The standard InChI is InChI=1S/C19H21N5/c1-11(2)16-21-10-13-9-15(23-18(13)24-16)19(3,4)14-6-5-12-7-8-20-17(12)22-14/h5-11H,1-4H3,(H,20,22)(H,21,23,24). The van der Waals surface area contributed by atoms with E-state index >= 15 is 0 Å². The molecule has 0 unspecified atom stereocenters. The first kappa shape index (κ1) is 14.9. The molecule has 4 aromatic heterocycles. The second-order valence-corrected chi connectivity index (χ2v) is 7.11. The lowest BCUT2D eigenvalue weighted by atomic mass is 9.85. The predicted octanol–water partition coefficient (Wildman–Crippen LogP) is 4.28. The average Bonchev–Trinajstić information content (AvgIpc) is 3.19. The van der Waals surface area contributed by atoms with Crippen LogP contribution in [0.2, 0.25) is 0 Å². The number of aromatic nitrogens is 5. The summed E-state index contributed by atoms with van der Waals surface area (Å²) in [5.74, 6) is 1.17. The van der Waals surface area contributed by atoms with Crippen LogP contribution < -0.4 is 0 Å². The molecule has 5 heteroatoms. The fraction of sp³-hybridized carbons (Fsp3) is 0.316. The lowest BCUT2D eigenvalue weighted by Gasteiger charge is -2.22. The molecule has 2 N–H and O–H groups in total. The van der Waals surface area contributed by atoms with E-state index in [4.69, 9.17) is 4.98 Å². The molecular weight excluding hydrogens is 298 g/mol. The molecule has 5 nitrogen and oxygen atoms in total. The Bertz CT molecular complexity index is 1020. The van der Waals surface area contributed by atoms with Gasteiger partial charge in [-0.25, -0.2) is 15.0 Å². The smallest absolute Gasteiger partial charge is 0.141 e. The molecule has 0 bridgehead atoms. The van der Waals surface area contributed by atoms with Crippen molar-refractivity contribution in [3.05, 3.63) is 53.9 Å². The first-order valence-corrected chi connectivity index (χ1v) is 8.26. The molecule has 0 aliphatic rings. The zero-order valence-corrected chi connectivity index (χ0v) is 14.4. The van der Waals surface area contributed by atoms with Crippen LogP contribution in [0.15, 0.2) is 36.7 Å². The summed E-state index contributed by atoms with van der Waals surface area (Å²) in [6.45, 7) is 8.55. The Labute approximate surface area is 140 Å². The van der Waals surface area contributed by atoms with Crippen molar-refractivity contribution in [3.8, 4) is 0 Å². The van der Waals surface area contributed by atoms with Crippen molar-refractivity contribution in [2.24, 2.45) is 0 Å². The van der Waals surface area contributed by atoms with Crippen LogP contribution in [-0.4, -0.2) is 24.9 Å². The summed E-state index contributed by atoms with van der Waals surface area (Å²) in [5.41, 5.74) is 3.65. The molecule has 122 valence electrons. The summed E-state index contributed by atoms with van der Waals surface area (Å²) < 4.78 is 0. The van der Waals surface area contributed by atoms with Crippen LogP contribution in [-0.2, 0) is 5.41 Å². The van der Waals surface area contributed by atoms with E-state index in [0.29, 0.717) is 5.92 Å². The van der Waals surface area contributed by atoms with Gasteiger partial charge in [-0.15, -0.1) is 0 Å². The van der Waals surface area contributed by atoms with Gasteiger partial charge in [-0.3, -0.25) is 0 Å². The number of aromatic amines is 2. The largest absolute Gasteiger partial charge is 0.346 e. The van der Waals surface area contributed by atoms with Crippen molar-refractivity contribution in [2.75, 3.05) is 0 Å². The number of H-pyrrole nitrogens is 2. The maximum Gasteiger partial charge on any atom is 0.141 e. The Morgan fingerprint density at radius 2 is 1.83 bits per heavy atom. The maximum atomic E-state index is 4.79. The predicted molar refractivity (Wildman–Crippen MR) is 96.2 cm³/mol. The van der Waals surface area contributed by atoms with Crippen LogP contribution in [0.5, 0.6) is 0 Å². The van der Waals surface area contributed by atoms with Gasteiger partial charge < -0.3 is 9.97 Å². The van der Waals surface area contributed by atoms with Gasteiger partial charge >= 0.3 is 0 Å². The van der Waals surface area contributed by atoms with E-state index in [9.17, 15) is 0 Å². The molecule has 0 aliphatic heterocycles. The third-order valence-electron chi connectivity index (χ3n) is 4.63. The summed E-state index contributed by atoms with van der Waals surface area (Å²) in [7, 11) is 0. The summed E-state index contributed by atoms with van der Waals surface area (Å²) in [5, 5.41) is 2.15. The number of nitrogens with one attached hydrogen (secondary N) is 2. The summed E-state index contributed by atoms with van der Waals surface area (Å²) in [4.78, 5) is 20.6. The second-order valence-electron chi connectivity index (χ2n) is 7.11. The molecule has 4 rings (SSSR count). The second kappa shape index (κ2) is 5.16. The third kappa shape index (κ3) is 2.28. The van der Waals surface area contributed by atoms with E-state index in [1.165, 1.54) is 0 Å². The highest BCUT2D eigenvalue weighted by Gasteiger charge is 2.27. The van der Waals surface area contributed by atoms with Crippen LogP contribution in [0.25, 0.3) is 22.1 Å². The van der Waals surface area contributed by atoms with Gasteiger partial charge in [-0.2, -0.15) is 0 Å². The minimum Gasteiger partial charge on any atom is -0.346 e. The van der Waals surface area contributed by atoms with Crippen LogP contribution in [0.1, 0.15) is 50.8 Å². The molecule has 0 saturated heterocycles. The van der Waals surface area contributed by atoms with Crippen LogP contribution in [0, 0.1) is 0 Å². The molecule has 24 heavy (non-hydrogen) atoms. The number of rotatable bonds is 3. The lowest BCUT2D eigenvalue weighted by molar-refractivity contribution is 0.602. The minimum atomic E-state index is -0.252. The van der Waals surface area contributed by atoms with Gasteiger partial charge in [-0.05, 0) is 38.1 Å². The maximum absolute atomic E-state index is 4.79. The van der Waals surface area contributed by atoms with E-state index in [1.807, 2.05) is 18.5 Å². The van der Waals surface area contributed by atoms with Gasteiger partial charge in [0.2, 0.25) is 0 Å². The van der Waals surface area contributed by atoms with Gasteiger partial charge in [0.05, 0.1) is 5.69 Å². The zero-order chi connectivity index (χ0) is 16.9. The monoisotopic (exact) mass is 319 g/mol. The highest BCUT2D eigenvalue weighted by molar-refractivity contribution is 5.77. The third-order valence-corrected chi connectivity index (χ3v) is 4.63. The topological polar surface area (TPSA) is 70.2 Å². The first-order chi connectivity index (χ1) is 11.4. The fourth-order valence-electron chi connectivity index (χ4n) is 2.96. The van der Waals surface area contributed by atoms with Gasteiger partial charge in [0.1, 0.15) is 17.1 Å². The molecule has 0 aromatic carbocycles. The number of pyridine rings is 1. The SMILES string of the molecule is CC(C)c1ncc2cc(C(C)(C)c3ccc4cc[nH]c4n3)[nH]c2n1. The van der Waals surface area contributed by atoms with Crippen LogP contribution in [0.3, 0.4) is 0 Å². The Morgan fingerprint density at radius 3 is 2.62 bits per heavy atom. The Hall–Kier alpha value is -2.69. The van der Waals surface area contributed by atoms with Gasteiger partial charge in [0.15, 0.2) is 0 Å². The fourth-order valence-corrected chi connectivity index (χ4v) is 2.96. The molecule has 0 fully saturated rings. The molecule has 0 spiro atoms. The van der Waals surface area contributed by atoms with Crippen molar-refractivity contribution in [3.63, 3.8) is 0 Å². The highest BCUT2D eigenvalue weighted by Crippen LogP contribution is 2.32. The molecule has 4 aromatic rings. The molecule has 0 radical (unpaired) electrons. The summed E-state index contributed by atoms with van der Waals surface area (Å²) >= 11 is 0. The zero-order valence-electron chi connectivity index (χ0n) is 14.4. The molecule has 0 amide bonds.